The quantitative estimate of drug-likeness (QED) is 0.507. The number of carboxylic acids is 1. The first-order valence-corrected chi connectivity index (χ1v) is 3.67. The van der Waals surface area contributed by atoms with Gasteiger partial charge in [-0.2, -0.15) is 0 Å². The zero-order valence-electron chi connectivity index (χ0n) is 6.41. The lowest BCUT2D eigenvalue weighted by molar-refractivity contribution is -0.156. The van der Waals surface area contributed by atoms with E-state index in [-0.39, 0.29) is 6.04 Å². The van der Waals surface area contributed by atoms with E-state index in [4.69, 9.17) is 5.11 Å². The van der Waals surface area contributed by atoms with Gasteiger partial charge in [-0.25, -0.2) is 4.79 Å². The summed E-state index contributed by atoms with van der Waals surface area (Å²) in [6, 6.07) is 0.0959. The van der Waals surface area contributed by atoms with Crippen molar-refractivity contribution in [1.82, 2.24) is 4.90 Å². The van der Waals surface area contributed by atoms with Gasteiger partial charge < -0.3 is 10.0 Å². The van der Waals surface area contributed by atoms with Gasteiger partial charge in [0.2, 0.25) is 0 Å². The van der Waals surface area contributed by atoms with Crippen molar-refractivity contribution < 1.29 is 14.7 Å². The van der Waals surface area contributed by atoms with Gasteiger partial charge >= 0.3 is 11.9 Å². The molecule has 62 valence electrons. The second-order valence-electron chi connectivity index (χ2n) is 2.79. The number of carbonyl (C=O) groups excluding carboxylic acids is 1. The van der Waals surface area contributed by atoms with Crippen LogP contribution in [0.2, 0.25) is 0 Å². The Bertz CT molecular complexity index is 190. The third kappa shape index (κ3) is 1.50. The highest BCUT2D eigenvalue weighted by molar-refractivity contribution is 6.31. The van der Waals surface area contributed by atoms with Crippen molar-refractivity contribution >= 4 is 11.9 Å². The molecule has 0 aromatic carbocycles. The van der Waals surface area contributed by atoms with Gasteiger partial charge in [-0.05, 0) is 19.8 Å². The molecule has 1 aliphatic heterocycles. The number of likely N-dealkylation sites (tertiary alicyclic amines) is 1. The number of carbonyl (C=O) groups is 2. The Balaban J connectivity index is 2.60. The minimum Gasteiger partial charge on any atom is -0.474 e. The van der Waals surface area contributed by atoms with Crippen molar-refractivity contribution in [2.75, 3.05) is 6.54 Å². The molecule has 0 aliphatic carbocycles. The zero-order valence-corrected chi connectivity index (χ0v) is 6.41. The highest BCUT2D eigenvalue weighted by Gasteiger charge is 2.28. The summed E-state index contributed by atoms with van der Waals surface area (Å²) in [6.45, 7) is 2.46. The minimum absolute atomic E-state index is 0.0959. The van der Waals surface area contributed by atoms with Crippen LogP contribution in [0.1, 0.15) is 19.8 Å². The highest BCUT2D eigenvalue weighted by Crippen LogP contribution is 2.15. The summed E-state index contributed by atoms with van der Waals surface area (Å²) < 4.78 is 0. The molecular weight excluding hydrogens is 146 g/mol. The van der Waals surface area contributed by atoms with Crippen molar-refractivity contribution in [3.63, 3.8) is 0 Å². The van der Waals surface area contributed by atoms with Crippen molar-refractivity contribution in [2.24, 2.45) is 0 Å². The number of hydrogen-bond acceptors (Lipinski definition) is 2. The number of rotatable bonds is 0. The number of carboxylic acid groups (broad SMARTS) is 1. The van der Waals surface area contributed by atoms with E-state index in [9.17, 15) is 9.59 Å². The lowest BCUT2D eigenvalue weighted by atomic mass is 10.2. The van der Waals surface area contributed by atoms with E-state index >= 15 is 0 Å². The van der Waals surface area contributed by atoms with E-state index in [1.54, 1.807) is 0 Å². The van der Waals surface area contributed by atoms with Crippen LogP contribution in [0, 0.1) is 0 Å². The molecule has 4 nitrogen and oxygen atoms in total. The molecule has 1 atom stereocenters. The van der Waals surface area contributed by atoms with Crippen LogP contribution in [-0.4, -0.2) is 34.5 Å². The van der Waals surface area contributed by atoms with Gasteiger partial charge in [0, 0.05) is 12.6 Å². The van der Waals surface area contributed by atoms with E-state index in [1.165, 1.54) is 4.90 Å². The summed E-state index contributed by atoms with van der Waals surface area (Å²) in [7, 11) is 0. The second-order valence-corrected chi connectivity index (χ2v) is 2.79. The van der Waals surface area contributed by atoms with E-state index in [0.29, 0.717) is 6.54 Å². The van der Waals surface area contributed by atoms with Gasteiger partial charge in [-0.1, -0.05) is 0 Å². The number of aliphatic carboxylic acids is 1. The van der Waals surface area contributed by atoms with Crippen molar-refractivity contribution in [3.05, 3.63) is 0 Å². The predicted molar refractivity (Wildman–Crippen MR) is 38.0 cm³/mol. The number of amides is 1. The topological polar surface area (TPSA) is 57.6 Å². The van der Waals surface area contributed by atoms with Gasteiger partial charge in [0.1, 0.15) is 0 Å². The predicted octanol–water partition coefficient (Wildman–Crippen LogP) is 0.0819. The zero-order chi connectivity index (χ0) is 8.43. The Kier molecular flexibility index (Phi) is 2.12. The van der Waals surface area contributed by atoms with E-state index in [0.717, 1.165) is 12.8 Å². The fourth-order valence-corrected chi connectivity index (χ4v) is 1.36. The van der Waals surface area contributed by atoms with Crippen LogP contribution < -0.4 is 0 Å². The van der Waals surface area contributed by atoms with Gasteiger partial charge in [-0.3, -0.25) is 4.79 Å². The molecule has 0 radical (unpaired) electrons. The van der Waals surface area contributed by atoms with Crippen LogP contribution in [0.4, 0.5) is 0 Å². The smallest absolute Gasteiger partial charge is 0.394 e. The maximum atomic E-state index is 10.9. The minimum atomic E-state index is -1.35. The number of nitrogens with zero attached hydrogens (tertiary/aromatic N) is 1. The van der Waals surface area contributed by atoms with Gasteiger partial charge in [0.05, 0.1) is 0 Å². The van der Waals surface area contributed by atoms with Crippen LogP contribution in [-0.2, 0) is 9.59 Å². The molecule has 1 rings (SSSR count). The molecular formula is C7H11NO3. The fourth-order valence-electron chi connectivity index (χ4n) is 1.36. The highest BCUT2D eigenvalue weighted by atomic mass is 16.4. The molecule has 4 heteroatoms. The summed E-state index contributed by atoms with van der Waals surface area (Å²) in [5, 5.41) is 8.37. The lowest BCUT2D eigenvalue weighted by Gasteiger charge is -2.18. The Hall–Kier alpha value is -1.06. The monoisotopic (exact) mass is 157 g/mol. The second kappa shape index (κ2) is 2.90. The Morgan fingerprint density at radius 3 is 2.55 bits per heavy atom. The van der Waals surface area contributed by atoms with Crippen molar-refractivity contribution in [1.29, 1.82) is 0 Å². The van der Waals surface area contributed by atoms with Crippen LogP contribution in [0.5, 0.6) is 0 Å². The van der Waals surface area contributed by atoms with Crippen LogP contribution in [0.25, 0.3) is 0 Å². The first kappa shape index (κ1) is 8.04. The molecule has 0 saturated carbocycles. The molecule has 0 spiro atoms. The molecule has 1 N–H and O–H groups in total. The first-order chi connectivity index (χ1) is 5.13. The molecule has 0 aromatic rings. The summed E-state index contributed by atoms with van der Waals surface area (Å²) in [5.74, 6) is -2.12. The van der Waals surface area contributed by atoms with Crippen molar-refractivity contribution in [2.45, 2.75) is 25.8 Å². The third-order valence-corrected chi connectivity index (χ3v) is 2.00. The summed E-state index contributed by atoms with van der Waals surface area (Å²) in [4.78, 5) is 22.5. The molecule has 0 unspecified atom stereocenters. The van der Waals surface area contributed by atoms with Crippen LogP contribution in [0.3, 0.4) is 0 Å². The molecule has 1 fully saturated rings. The normalized spacial score (nSPS) is 23.7. The summed E-state index contributed by atoms with van der Waals surface area (Å²) >= 11 is 0. The van der Waals surface area contributed by atoms with E-state index in [2.05, 4.69) is 0 Å². The summed E-state index contributed by atoms with van der Waals surface area (Å²) in [6.07, 6.45) is 1.83. The molecule has 1 amide bonds. The third-order valence-electron chi connectivity index (χ3n) is 2.00. The van der Waals surface area contributed by atoms with Gasteiger partial charge in [0.25, 0.3) is 0 Å². The maximum Gasteiger partial charge on any atom is 0.394 e. The van der Waals surface area contributed by atoms with Gasteiger partial charge in [0.15, 0.2) is 0 Å². The maximum absolute atomic E-state index is 10.9. The number of hydrogen-bond donors (Lipinski definition) is 1. The van der Waals surface area contributed by atoms with Crippen LogP contribution in [0.15, 0.2) is 0 Å². The molecule has 0 aromatic heterocycles. The molecule has 11 heavy (non-hydrogen) atoms. The Morgan fingerprint density at radius 1 is 1.55 bits per heavy atom. The van der Waals surface area contributed by atoms with E-state index in [1.807, 2.05) is 6.92 Å². The average molecular weight is 157 g/mol. The van der Waals surface area contributed by atoms with Crippen molar-refractivity contribution in [3.8, 4) is 0 Å². The SMILES string of the molecule is C[C@@H]1CCCN1C(=O)C(=O)O. The van der Waals surface area contributed by atoms with E-state index < -0.39 is 11.9 Å². The Labute approximate surface area is 64.8 Å². The average Bonchev–Trinajstić information content (AvgIpc) is 2.33. The Morgan fingerprint density at radius 2 is 2.18 bits per heavy atom. The fraction of sp³-hybridized carbons (Fsp3) is 0.714. The molecule has 0 bridgehead atoms. The van der Waals surface area contributed by atoms with Gasteiger partial charge in [-0.15, -0.1) is 0 Å². The summed E-state index contributed by atoms with van der Waals surface area (Å²) in [5.41, 5.74) is 0. The largest absolute Gasteiger partial charge is 0.474 e. The lowest BCUT2D eigenvalue weighted by Crippen LogP contribution is -2.38. The van der Waals surface area contributed by atoms with Crippen LogP contribution >= 0.6 is 0 Å². The molecule has 1 saturated heterocycles. The standard InChI is InChI=1S/C7H11NO3/c1-5-3-2-4-8(5)6(9)7(10)11/h5H,2-4H2,1H3,(H,10,11)/t5-/m1/s1. The first-order valence-electron chi connectivity index (χ1n) is 3.67. The molecule has 1 aliphatic rings. The molecule has 1 heterocycles.